The number of benzene rings is 1. The summed E-state index contributed by atoms with van der Waals surface area (Å²) < 4.78 is 26.4. The van der Waals surface area contributed by atoms with Gasteiger partial charge in [-0.3, -0.25) is 9.69 Å². The van der Waals surface area contributed by atoms with Gasteiger partial charge in [-0.2, -0.15) is 4.39 Å². The summed E-state index contributed by atoms with van der Waals surface area (Å²) in [5.41, 5.74) is 6.14. The molecule has 2 N–H and O–H groups in total. The van der Waals surface area contributed by atoms with E-state index in [1.807, 2.05) is 0 Å². The third kappa shape index (κ3) is 2.21. The number of hydrogen-bond donors (Lipinski definition) is 1. The largest absolute Gasteiger partial charge is 0.487 e. The van der Waals surface area contributed by atoms with Gasteiger partial charge in [0.05, 0.1) is 0 Å². The van der Waals surface area contributed by atoms with E-state index in [4.69, 9.17) is 15.2 Å². The van der Waals surface area contributed by atoms with Crippen LogP contribution in [0, 0.1) is 5.95 Å². The quantitative estimate of drug-likeness (QED) is 0.760. The molecule has 0 bridgehead atoms. The van der Waals surface area contributed by atoms with Crippen molar-refractivity contribution in [1.29, 1.82) is 0 Å². The highest BCUT2D eigenvalue weighted by Gasteiger charge is 2.61. The van der Waals surface area contributed by atoms with Crippen molar-refractivity contribution in [3.63, 3.8) is 0 Å². The van der Waals surface area contributed by atoms with Gasteiger partial charge < -0.3 is 15.2 Å². The van der Waals surface area contributed by atoms with Gasteiger partial charge in [0.25, 0.3) is 5.91 Å². The Balaban J connectivity index is 1.74. The molecule has 0 aliphatic carbocycles. The first-order valence-corrected chi connectivity index (χ1v) is 9.19. The van der Waals surface area contributed by atoms with Gasteiger partial charge in [0.2, 0.25) is 11.5 Å². The van der Waals surface area contributed by atoms with Crippen molar-refractivity contribution in [2.24, 2.45) is 10.7 Å². The van der Waals surface area contributed by atoms with Crippen molar-refractivity contribution in [3.8, 4) is 16.9 Å². The van der Waals surface area contributed by atoms with Crippen LogP contribution in [0.2, 0.25) is 0 Å². The lowest BCUT2D eigenvalue weighted by Gasteiger charge is -2.45. The van der Waals surface area contributed by atoms with Crippen LogP contribution in [0.5, 0.6) is 5.75 Å². The molecule has 5 rings (SSSR count). The summed E-state index contributed by atoms with van der Waals surface area (Å²) in [5, 5.41) is 0. The number of hydrogen-bond acceptors (Lipinski definition) is 6. The van der Waals surface area contributed by atoms with Crippen LogP contribution in [0.15, 0.2) is 41.5 Å². The summed E-state index contributed by atoms with van der Waals surface area (Å²) in [7, 11) is 1.59. The molecule has 3 aliphatic heterocycles. The topological polar surface area (TPSA) is 90.0 Å². The van der Waals surface area contributed by atoms with Crippen molar-refractivity contribution in [2.75, 3.05) is 13.7 Å². The van der Waals surface area contributed by atoms with Crippen LogP contribution in [-0.4, -0.2) is 47.6 Å². The van der Waals surface area contributed by atoms with Crippen molar-refractivity contribution < 1.29 is 18.7 Å². The fourth-order valence-electron chi connectivity index (χ4n) is 4.30. The number of aliphatic imine (C=N–C) groups is 1. The van der Waals surface area contributed by atoms with Gasteiger partial charge in [-0.25, -0.2) is 9.98 Å². The first kappa shape index (κ1) is 17.1. The zero-order valence-corrected chi connectivity index (χ0v) is 15.3. The standard InChI is InChI=1S/C20H19FN4O3/c1-25-18(26)20(24-19(25)22)13-10-11(12-4-2-8-23-17(12)21)6-7-14(13)28-15-5-3-9-27-16(15)20/h2,4,6-8,10,15-16H,3,5,9H2,1H3,(H2,22,24)/t15?,16-,20+/m1/s1. The van der Waals surface area contributed by atoms with E-state index in [1.165, 1.54) is 11.1 Å². The van der Waals surface area contributed by atoms with E-state index in [2.05, 4.69) is 9.98 Å². The van der Waals surface area contributed by atoms with Crippen LogP contribution in [0.4, 0.5) is 4.39 Å². The first-order valence-electron chi connectivity index (χ1n) is 9.19. The average Bonchev–Trinajstić information content (AvgIpc) is 2.93. The lowest BCUT2D eigenvalue weighted by Crippen LogP contribution is -2.58. The Kier molecular flexibility index (Phi) is 3.67. The van der Waals surface area contributed by atoms with Gasteiger partial charge in [0, 0.05) is 31.0 Å². The molecule has 0 saturated carbocycles. The Morgan fingerprint density at radius 3 is 2.96 bits per heavy atom. The summed E-state index contributed by atoms with van der Waals surface area (Å²) in [5.74, 6) is -0.183. The molecule has 1 aromatic carbocycles. The summed E-state index contributed by atoms with van der Waals surface area (Å²) in [4.78, 5) is 23.0. The number of amides is 1. The molecule has 7 nitrogen and oxygen atoms in total. The summed E-state index contributed by atoms with van der Waals surface area (Å²) in [6.45, 7) is 0.519. The molecule has 3 aliphatic rings. The van der Waals surface area contributed by atoms with Crippen molar-refractivity contribution in [3.05, 3.63) is 48.0 Å². The molecule has 4 heterocycles. The number of carbonyl (C=O) groups is 1. The van der Waals surface area contributed by atoms with Gasteiger partial charge in [0.15, 0.2) is 5.96 Å². The number of aromatic nitrogens is 1. The van der Waals surface area contributed by atoms with Gasteiger partial charge in [-0.1, -0.05) is 6.07 Å². The molecule has 1 amide bonds. The molecule has 1 fully saturated rings. The number of rotatable bonds is 1. The number of nitrogens with zero attached hydrogens (tertiary/aromatic N) is 3. The molecule has 0 radical (unpaired) electrons. The van der Waals surface area contributed by atoms with Crippen LogP contribution >= 0.6 is 0 Å². The van der Waals surface area contributed by atoms with Gasteiger partial charge in [0.1, 0.15) is 18.0 Å². The molecule has 8 heteroatoms. The Labute approximate surface area is 161 Å². The number of guanidine groups is 1. The van der Waals surface area contributed by atoms with Gasteiger partial charge in [-0.15, -0.1) is 0 Å². The minimum atomic E-state index is -1.33. The predicted octanol–water partition coefficient (Wildman–Crippen LogP) is 1.81. The van der Waals surface area contributed by atoms with Gasteiger partial charge in [-0.05, 0) is 42.7 Å². The first-order chi connectivity index (χ1) is 13.5. The van der Waals surface area contributed by atoms with Crippen LogP contribution in [0.25, 0.3) is 11.1 Å². The highest BCUT2D eigenvalue weighted by atomic mass is 19.1. The fraction of sp³-hybridized carbons (Fsp3) is 0.350. The van der Waals surface area contributed by atoms with E-state index >= 15 is 0 Å². The molecule has 1 saturated heterocycles. The second-order valence-corrected chi connectivity index (χ2v) is 7.24. The number of nitrogens with two attached hydrogens (primary N) is 1. The van der Waals surface area contributed by atoms with Crippen LogP contribution in [-0.2, 0) is 15.1 Å². The normalized spacial score (nSPS) is 28.6. The molecule has 28 heavy (non-hydrogen) atoms. The van der Waals surface area contributed by atoms with E-state index in [9.17, 15) is 9.18 Å². The third-order valence-electron chi connectivity index (χ3n) is 5.68. The highest BCUT2D eigenvalue weighted by molar-refractivity contribution is 6.08. The van der Waals surface area contributed by atoms with Crippen LogP contribution in [0.3, 0.4) is 0 Å². The minimum absolute atomic E-state index is 0.128. The second kappa shape index (κ2) is 6.00. The smallest absolute Gasteiger partial charge is 0.264 e. The van der Waals surface area contributed by atoms with Gasteiger partial charge >= 0.3 is 0 Å². The maximum Gasteiger partial charge on any atom is 0.264 e. The molecule has 1 spiro atoms. The number of pyridine rings is 1. The maximum absolute atomic E-state index is 14.3. The fourth-order valence-corrected chi connectivity index (χ4v) is 4.30. The highest BCUT2D eigenvalue weighted by Crippen LogP contribution is 2.49. The number of ether oxygens (including phenoxy) is 2. The molecule has 1 aromatic heterocycles. The number of carbonyl (C=O) groups excluding carboxylic acids is 1. The Bertz CT molecular complexity index is 1010. The van der Waals surface area contributed by atoms with Crippen LogP contribution in [0.1, 0.15) is 18.4 Å². The summed E-state index contributed by atoms with van der Waals surface area (Å²) >= 11 is 0. The lowest BCUT2D eigenvalue weighted by molar-refractivity contribution is -0.151. The third-order valence-corrected chi connectivity index (χ3v) is 5.68. The van der Waals surface area contributed by atoms with E-state index in [0.717, 1.165) is 12.8 Å². The molecular formula is C20H19FN4O3. The molecule has 3 atom stereocenters. The SMILES string of the molecule is CN1C(=O)[C@]2(N=C1N)c1cc(-c3cccnc3F)ccc1OC1CCCO[C@H]12. The molecule has 144 valence electrons. The van der Waals surface area contributed by atoms with Crippen molar-refractivity contribution >= 4 is 11.9 Å². The van der Waals surface area contributed by atoms with Crippen molar-refractivity contribution in [2.45, 2.75) is 30.6 Å². The second-order valence-electron chi connectivity index (χ2n) is 7.24. The van der Waals surface area contributed by atoms with E-state index in [0.29, 0.717) is 29.0 Å². The average molecular weight is 382 g/mol. The zero-order valence-electron chi connectivity index (χ0n) is 15.3. The number of likely N-dealkylation sites (N-methyl/N-ethyl adjacent to an activating group) is 1. The van der Waals surface area contributed by atoms with E-state index < -0.39 is 17.6 Å². The Morgan fingerprint density at radius 1 is 1.36 bits per heavy atom. The number of halogens is 1. The minimum Gasteiger partial charge on any atom is -0.487 e. The van der Waals surface area contributed by atoms with Crippen LogP contribution < -0.4 is 10.5 Å². The molecule has 1 unspecified atom stereocenters. The molecular weight excluding hydrogens is 363 g/mol. The Morgan fingerprint density at radius 2 is 2.21 bits per heavy atom. The van der Waals surface area contributed by atoms with E-state index in [-0.39, 0.29) is 18.0 Å². The maximum atomic E-state index is 14.3. The molecule has 2 aromatic rings. The van der Waals surface area contributed by atoms with E-state index in [1.54, 1.807) is 37.4 Å². The van der Waals surface area contributed by atoms with Crippen molar-refractivity contribution in [1.82, 2.24) is 9.88 Å². The summed E-state index contributed by atoms with van der Waals surface area (Å²) in [6.07, 6.45) is 2.11. The predicted molar refractivity (Wildman–Crippen MR) is 99.1 cm³/mol. The monoisotopic (exact) mass is 382 g/mol. The number of fused-ring (bicyclic) bond motifs is 4. The lowest BCUT2D eigenvalue weighted by atomic mass is 9.76. The zero-order chi connectivity index (χ0) is 19.5. The Hall–Kier alpha value is -3.00. The summed E-state index contributed by atoms with van der Waals surface area (Å²) in [6, 6.07) is 8.54.